The number of benzene rings is 3. The molecule has 0 bridgehead atoms. The highest BCUT2D eigenvalue weighted by Crippen LogP contribution is 2.45. The third-order valence-electron chi connectivity index (χ3n) is 6.63. The Labute approximate surface area is 208 Å². The second-order valence-corrected chi connectivity index (χ2v) is 8.54. The van der Waals surface area contributed by atoms with Crippen molar-refractivity contribution in [1.29, 1.82) is 0 Å². The van der Waals surface area contributed by atoms with Gasteiger partial charge in [-0.3, -0.25) is 0 Å². The van der Waals surface area contributed by atoms with Crippen LogP contribution in [0.1, 0.15) is 0 Å². The van der Waals surface area contributed by atoms with Gasteiger partial charge in [-0.1, -0.05) is 6.07 Å². The van der Waals surface area contributed by atoms with Gasteiger partial charge < -0.3 is 38.3 Å². The normalized spacial score (nSPS) is 11.5. The van der Waals surface area contributed by atoms with Gasteiger partial charge in [0.25, 0.3) is 0 Å². The Morgan fingerprint density at radius 1 is 0.730 bits per heavy atom. The van der Waals surface area contributed by atoms with Gasteiger partial charge in [0.05, 0.1) is 26.8 Å². The molecular weight excluding hydrogens is 478 g/mol. The number of hydrogen-bond donors (Lipinski definition) is 3. The molecule has 0 radical (unpaired) electrons. The van der Waals surface area contributed by atoms with Crippen LogP contribution >= 0.6 is 0 Å². The van der Waals surface area contributed by atoms with Gasteiger partial charge >= 0.3 is 5.63 Å². The van der Waals surface area contributed by atoms with Crippen molar-refractivity contribution in [2.24, 2.45) is 0 Å². The number of phenolic OH excluding ortho intramolecular Hbond substituents is 3. The average molecular weight is 499 g/mol. The third-order valence-corrected chi connectivity index (χ3v) is 6.63. The van der Waals surface area contributed by atoms with Crippen LogP contribution in [0, 0.1) is 0 Å². The maximum absolute atomic E-state index is 13.3. The van der Waals surface area contributed by atoms with Gasteiger partial charge in [0, 0.05) is 34.0 Å². The minimum absolute atomic E-state index is 0.0691. The molecule has 0 spiro atoms. The summed E-state index contributed by atoms with van der Waals surface area (Å²) in [5, 5.41) is 34.0. The number of methoxy groups -OCH3 is 3. The van der Waals surface area contributed by atoms with Crippen molar-refractivity contribution in [3.8, 4) is 45.6 Å². The number of hydrogen-bond acceptors (Lipinski definition) is 8. The molecule has 9 nitrogen and oxygen atoms in total. The van der Waals surface area contributed by atoms with Crippen LogP contribution in [0.2, 0.25) is 0 Å². The topological polar surface area (TPSA) is 123 Å². The van der Waals surface area contributed by atoms with Crippen molar-refractivity contribution in [3.63, 3.8) is 0 Å². The molecule has 0 aliphatic carbocycles. The fraction of sp³-hybridized carbons (Fsp3) is 0.107. The van der Waals surface area contributed by atoms with Gasteiger partial charge in [-0.05, 0) is 47.3 Å². The Morgan fingerprint density at radius 3 is 2.11 bits per heavy atom. The molecule has 0 atom stereocenters. The molecule has 0 aliphatic rings. The first-order chi connectivity index (χ1) is 17.9. The lowest BCUT2D eigenvalue weighted by Crippen LogP contribution is -2.02. The number of pyridine rings is 1. The van der Waals surface area contributed by atoms with E-state index in [9.17, 15) is 20.1 Å². The van der Waals surface area contributed by atoms with Crippen LogP contribution in [0.5, 0.6) is 34.5 Å². The first kappa shape index (κ1) is 22.4. The second kappa shape index (κ2) is 7.99. The zero-order chi connectivity index (χ0) is 26.0. The first-order valence-corrected chi connectivity index (χ1v) is 11.2. The predicted molar refractivity (Wildman–Crippen MR) is 139 cm³/mol. The van der Waals surface area contributed by atoms with E-state index in [1.807, 2.05) is 0 Å². The minimum atomic E-state index is -0.622. The molecule has 6 aromatic rings. The van der Waals surface area contributed by atoms with Gasteiger partial charge in [0.15, 0.2) is 34.5 Å². The van der Waals surface area contributed by atoms with Crippen LogP contribution in [0.3, 0.4) is 0 Å². The monoisotopic (exact) mass is 499 g/mol. The van der Waals surface area contributed by atoms with E-state index in [1.165, 1.54) is 27.4 Å². The van der Waals surface area contributed by atoms with Crippen LogP contribution < -0.4 is 19.8 Å². The Bertz CT molecular complexity index is 1950. The van der Waals surface area contributed by atoms with Crippen molar-refractivity contribution in [1.82, 2.24) is 4.40 Å². The fourth-order valence-corrected chi connectivity index (χ4v) is 4.98. The van der Waals surface area contributed by atoms with Gasteiger partial charge in [-0.15, -0.1) is 0 Å². The number of phenols is 3. The zero-order valence-corrected chi connectivity index (χ0v) is 20.0. The maximum atomic E-state index is 13.3. The summed E-state index contributed by atoms with van der Waals surface area (Å²) in [6.45, 7) is 0. The third kappa shape index (κ3) is 3.14. The zero-order valence-electron chi connectivity index (χ0n) is 20.0. The highest BCUT2D eigenvalue weighted by atomic mass is 16.5. The van der Waals surface area contributed by atoms with Crippen LogP contribution in [0.15, 0.2) is 63.9 Å². The van der Waals surface area contributed by atoms with Gasteiger partial charge in [0.2, 0.25) is 0 Å². The Balaban J connectivity index is 1.92. The van der Waals surface area contributed by atoms with E-state index in [2.05, 4.69) is 0 Å². The summed E-state index contributed by atoms with van der Waals surface area (Å²) in [5.74, 6) is 0.475. The van der Waals surface area contributed by atoms with Crippen LogP contribution in [-0.2, 0) is 0 Å². The standard InChI is InChI=1S/C28H21NO8/c1-34-20-5-4-14(8-17(20)30)24-25-16-11-23(36-3)19(32)12-21(16)37-28(33)27(25)29-7-6-13-9-22(35-2)18(31)10-15(13)26(24)29/h4-12,30-32H,1-3H3. The molecule has 0 unspecified atom stereocenters. The summed E-state index contributed by atoms with van der Waals surface area (Å²) in [7, 11) is 4.36. The summed E-state index contributed by atoms with van der Waals surface area (Å²) in [5.41, 5.74) is 1.59. The van der Waals surface area contributed by atoms with E-state index in [0.717, 1.165) is 5.39 Å². The molecule has 3 aromatic heterocycles. The summed E-state index contributed by atoms with van der Waals surface area (Å²) < 4.78 is 23.2. The number of fused-ring (bicyclic) bond motifs is 7. The molecule has 186 valence electrons. The van der Waals surface area contributed by atoms with Crippen LogP contribution in [-0.4, -0.2) is 41.0 Å². The summed E-state index contributed by atoms with van der Waals surface area (Å²) in [4.78, 5) is 13.3. The number of aromatic nitrogens is 1. The van der Waals surface area contributed by atoms with Gasteiger partial charge in [-0.25, -0.2) is 4.79 Å². The Kier molecular flexibility index (Phi) is 4.84. The molecule has 3 aromatic carbocycles. The molecule has 0 aliphatic heterocycles. The van der Waals surface area contributed by atoms with Gasteiger partial charge in [-0.2, -0.15) is 0 Å². The largest absolute Gasteiger partial charge is 0.504 e. The number of nitrogens with zero attached hydrogens (tertiary/aromatic N) is 1. The number of aromatic hydroxyl groups is 3. The van der Waals surface area contributed by atoms with Crippen molar-refractivity contribution < 1.29 is 33.9 Å². The number of ether oxygens (including phenoxy) is 3. The van der Waals surface area contributed by atoms with E-state index in [-0.39, 0.29) is 34.1 Å². The first-order valence-electron chi connectivity index (χ1n) is 11.2. The summed E-state index contributed by atoms with van der Waals surface area (Å²) in [6, 6.07) is 13.0. The Hall–Kier alpha value is -5.05. The summed E-state index contributed by atoms with van der Waals surface area (Å²) in [6.07, 6.45) is 1.74. The average Bonchev–Trinajstić information content (AvgIpc) is 3.24. The molecule has 0 saturated carbocycles. The lowest BCUT2D eigenvalue weighted by molar-refractivity contribution is 0.373. The van der Waals surface area contributed by atoms with Crippen LogP contribution in [0.25, 0.3) is 49.3 Å². The molecule has 0 saturated heterocycles. The molecule has 3 heterocycles. The quantitative estimate of drug-likeness (QED) is 0.284. The van der Waals surface area contributed by atoms with E-state index >= 15 is 0 Å². The SMILES string of the molecule is COc1ccc(-c2c3c4cc(OC)c(O)cc4oc(=O)c3n3ccc4cc(OC)c(O)cc4c23)cc1O. The second-order valence-electron chi connectivity index (χ2n) is 8.54. The fourth-order valence-electron chi connectivity index (χ4n) is 4.98. The highest BCUT2D eigenvalue weighted by molar-refractivity contribution is 6.21. The lowest BCUT2D eigenvalue weighted by atomic mass is 9.98. The summed E-state index contributed by atoms with van der Waals surface area (Å²) >= 11 is 0. The molecule has 6 rings (SSSR count). The molecule has 37 heavy (non-hydrogen) atoms. The molecule has 0 fully saturated rings. The highest BCUT2D eigenvalue weighted by Gasteiger charge is 2.24. The predicted octanol–water partition coefficient (Wildman–Crippen LogP) is 5.16. The van der Waals surface area contributed by atoms with E-state index in [0.29, 0.717) is 44.3 Å². The van der Waals surface area contributed by atoms with Crippen molar-refractivity contribution in [3.05, 3.63) is 65.1 Å². The maximum Gasteiger partial charge on any atom is 0.361 e. The Morgan fingerprint density at radius 2 is 1.41 bits per heavy atom. The number of rotatable bonds is 4. The molecule has 0 amide bonds. The molecule has 9 heteroatoms. The molecular formula is C28H21NO8. The lowest BCUT2D eigenvalue weighted by Gasteiger charge is -2.11. The van der Waals surface area contributed by atoms with Crippen molar-refractivity contribution >= 4 is 38.2 Å². The van der Waals surface area contributed by atoms with E-state index < -0.39 is 5.63 Å². The molecule has 3 N–H and O–H groups in total. The van der Waals surface area contributed by atoms with E-state index in [4.69, 9.17) is 18.6 Å². The van der Waals surface area contributed by atoms with Crippen molar-refractivity contribution in [2.45, 2.75) is 0 Å². The van der Waals surface area contributed by atoms with Crippen LogP contribution in [0.4, 0.5) is 0 Å². The van der Waals surface area contributed by atoms with Gasteiger partial charge in [0.1, 0.15) is 11.1 Å². The van der Waals surface area contributed by atoms with E-state index in [1.54, 1.807) is 53.1 Å². The smallest absolute Gasteiger partial charge is 0.361 e. The minimum Gasteiger partial charge on any atom is -0.504 e. The van der Waals surface area contributed by atoms with Crippen molar-refractivity contribution in [2.75, 3.05) is 21.3 Å².